The molecule has 1 aliphatic rings. The van der Waals surface area contributed by atoms with Crippen molar-refractivity contribution in [3.63, 3.8) is 0 Å². The fraction of sp³-hybridized carbons (Fsp3) is 0.929. The fourth-order valence-electron chi connectivity index (χ4n) is 2.50. The lowest BCUT2D eigenvalue weighted by atomic mass is 9.79. The second-order valence-corrected chi connectivity index (χ2v) is 5.93. The summed E-state index contributed by atoms with van der Waals surface area (Å²) in [6.07, 6.45) is 3.77. The van der Waals surface area contributed by atoms with Crippen molar-refractivity contribution in [2.45, 2.75) is 51.2 Å². The Morgan fingerprint density at radius 3 is 2.68 bits per heavy atom. The van der Waals surface area contributed by atoms with Gasteiger partial charge in [-0.05, 0) is 38.5 Å². The van der Waals surface area contributed by atoms with E-state index in [9.17, 15) is 9.90 Å². The van der Waals surface area contributed by atoms with E-state index in [4.69, 9.17) is 4.74 Å². The Morgan fingerprint density at radius 2 is 2.11 bits per heavy atom. The summed E-state index contributed by atoms with van der Waals surface area (Å²) in [4.78, 5) is 11.6. The molecule has 0 aliphatic heterocycles. The second kappa shape index (κ2) is 7.82. The van der Waals surface area contributed by atoms with Crippen molar-refractivity contribution in [2.75, 3.05) is 26.8 Å². The number of nitrogens with one attached hydrogen (secondary N) is 2. The van der Waals surface area contributed by atoms with E-state index in [1.54, 1.807) is 7.11 Å². The van der Waals surface area contributed by atoms with Gasteiger partial charge in [-0.3, -0.25) is 4.79 Å². The number of rotatable bonds is 7. The molecular weight excluding hydrogens is 244 g/mol. The van der Waals surface area contributed by atoms with Crippen LogP contribution in [0.1, 0.15) is 39.5 Å². The summed E-state index contributed by atoms with van der Waals surface area (Å²) in [5.41, 5.74) is -0.634. The van der Waals surface area contributed by atoms with Crippen LogP contribution in [0.25, 0.3) is 0 Å². The Labute approximate surface area is 116 Å². The summed E-state index contributed by atoms with van der Waals surface area (Å²) in [6, 6.07) is 0.0120. The third-order valence-electron chi connectivity index (χ3n) is 3.77. The number of methoxy groups -OCH3 is 1. The number of hydrogen-bond acceptors (Lipinski definition) is 4. The molecule has 3 N–H and O–H groups in total. The van der Waals surface area contributed by atoms with Crippen molar-refractivity contribution in [3.8, 4) is 0 Å². The van der Waals surface area contributed by atoms with Gasteiger partial charge in [0.1, 0.15) is 0 Å². The fourth-order valence-corrected chi connectivity index (χ4v) is 2.50. The molecule has 1 rings (SSSR count). The number of ether oxygens (including phenoxy) is 1. The lowest BCUT2D eigenvalue weighted by Gasteiger charge is -2.35. The van der Waals surface area contributed by atoms with Crippen molar-refractivity contribution >= 4 is 5.91 Å². The van der Waals surface area contributed by atoms with Gasteiger partial charge in [0.2, 0.25) is 5.91 Å². The van der Waals surface area contributed by atoms with E-state index in [1.165, 1.54) is 0 Å². The van der Waals surface area contributed by atoms with Crippen LogP contribution in [0.3, 0.4) is 0 Å². The summed E-state index contributed by atoms with van der Waals surface area (Å²) in [5, 5.41) is 16.2. The van der Waals surface area contributed by atoms with Gasteiger partial charge < -0.3 is 20.5 Å². The van der Waals surface area contributed by atoms with E-state index in [0.29, 0.717) is 19.1 Å². The maximum Gasteiger partial charge on any atom is 0.234 e. The minimum atomic E-state index is -0.634. The van der Waals surface area contributed by atoms with Crippen molar-refractivity contribution in [1.82, 2.24) is 10.6 Å². The van der Waals surface area contributed by atoms with Crippen molar-refractivity contribution in [3.05, 3.63) is 0 Å². The quantitative estimate of drug-likeness (QED) is 0.637. The van der Waals surface area contributed by atoms with Gasteiger partial charge in [-0.2, -0.15) is 0 Å². The standard InChI is InChI=1S/C14H28N2O3/c1-11-4-6-14(18,7-5-11)10-15-8-13(17)16-12(2)9-19-3/h11-12,15,18H,4-10H2,1-3H3,(H,16,17). The molecule has 0 heterocycles. The summed E-state index contributed by atoms with van der Waals surface area (Å²) in [5.74, 6) is 0.649. The highest BCUT2D eigenvalue weighted by Gasteiger charge is 2.31. The van der Waals surface area contributed by atoms with Crippen LogP contribution in [0.2, 0.25) is 0 Å². The smallest absolute Gasteiger partial charge is 0.234 e. The van der Waals surface area contributed by atoms with Gasteiger partial charge in [0, 0.05) is 19.7 Å². The molecule has 0 aromatic carbocycles. The van der Waals surface area contributed by atoms with Gasteiger partial charge in [-0.15, -0.1) is 0 Å². The van der Waals surface area contributed by atoms with Crippen molar-refractivity contribution < 1.29 is 14.6 Å². The summed E-state index contributed by atoms with van der Waals surface area (Å²) < 4.78 is 4.96. The first-order chi connectivity index (χ1) is 8.95. The van der Waals surface area contributed by atoms with Crippen molar-refractivity contribution in [1.29, 1.82) is 0 Å². The minimum Gasteiger partial charge on any atom is -0.389 e. The van der Waals surface area contributed by atoms with Crippen molar-refractivity contribution in [2.24, 2.45) is 5.92 Å². The van der Waals surface area contributed by atoms with E-state index >= 15 is 0 Å². The average molecular weight is 272 g/mol. The molecule has 0 aromatic heterocycles. The summed E-state index contributed by atoms with van der Waals surface area (Å²) >= 11 is 0. The SMILES string of the molecule is COCC(C)NC(=O)CNCC1(O)CCC(C)CC1. The number of aliphatic hydroxyl groups is 1. The van der Waals surface area contributed by atoms with Crippen LogP contribution in [-0.4, -0.2) is 49.5 Å². The largest absolute Gasteiger partial charge is 0.389 e. The van der Waals surface area contributed by atoms with E-state index in [-0.39, 0.29) is 18.5 Å². The second-order valence-electron chi connectivity index (χ2n) is 5.93. The average Bonchev–Trinajstić information content (AvgIpc) is 2.33. The first-order valence-electron chi connectivity index (χ1n) is 7.16. The molecule has 0 aromatic rings. The molecular formula is C14H28N2O3. The first kappa shape index (κ1) is 16.4. The first-order valence-corrected chi connectivity index (χ1v) is 7.16. The Kier molecular flexibility index (Phi) is 6.75. The Morgan fingerprint density at radius 1 is 1.47 bits per heavy atom. The zero-order chi connectivity index (χ0) is 14.3. The van der Waals surface area contributed by atoms with E-state index < -0.39 is 5.60 Å². The van der Waals surface area contributed by atoms with E-state index in [1.807, 2.05) is 6.92 Å². The van der Waals surface area contributed by atoms with Crippen LogP contribution in [0.4, 0.5) is 0 Å². The monoisotopic (exact) mass is 272 g/mol. The van der Waals surface area contributed by atoms with E-state index in [0.717, 1.165) is 25.7 Å². The predicted octanol–water partition coefficient (Wildman–Crippen LogP) is 0.668. The molecule has 1 amide bonds. The van der Waals surface area contributed by atoms with Gasteiger partial charge in [0.05, 0.1) is 18.8 Å². The molecule has 1 fully saturated rings. The molecule has 0 saturated heterocycles. The molecule has 1 unspecified atom stereocenters. The molecule has 5 nitrogen and oxygen atoms in total. The Hall–Kier alpha value is -0.650. The predicted molar refractivity (Wildman–Crippen MR) is 74.9 cm³/mol. The number of carbonyl (C=O) groups is 1. The highest BCUT2D eigenvalue weighted by molar-refractivity contribution is 5.78. The van der Waals surface area contributed by atoms with E-state index in [2.05, 4.69) is 17.6 Å². The zero-order valence-electron chi connectivity index (χ0n) is 12.4. The molecule has 0 spiro atoms. The van der Waals surface area contributed by atoms with Gasteiger partial charge >= 0.3 is 0 Å². The van der Waals surface area contributed by atoms with Crippen LogP contribution < -0.4 is 10.6 Å². The Bertz CT molecular complexity index is 276. The summed E-state index contributed by atoms with van der Waals surface area (Å²) in [6.45, 7) is 5.36. The van der Waals surface area contributed by atoms with Crippen LogP contribution in [0.5, 0.6) is 0 Å². The molecule has 19 heavy (non-hydrogen) atoms. The van der Waals surface area contributed by atoms with Crippen LogP contribution in [0.15, 0.2) is 0 Å². The maximum absolute atomic E-state index is 11.6. The topological polar surface area (TPSA) is 70.6 Å². The van der Waals surface area contributed by atoms with Gasteiger partial charge in [0.25, 0.3) is 0 Å². The molecule has 0 radical (unpaired) electrons. The molecule has 1 saturated carbocycles. The summed E-state index contributed by atoms with van der Waals surface area (Å²) in [7, 11) is 1.61. The van der Waals surface area contributed by atoms with Crippen LogP contribution in [0, 0.1) is 5.92 Å². The van der Waals surface area contributed by atoms with Crippen LogP contribution in [-0.2, 0) is 9.53 Å². The van der Waals surface area contributed by atoms with Gasteiger partial charge in [-0.25, -0.2) is 0 Å². The third-order valence-corrected chi connectivity index (χ3v) is 3.77. The minimum absolute atomic E-state index is 0.0120. The number of amides is 1. The normalized spacial score (nSPS) is 28.9. The highest BCUT2D eigenvalue weighted by atomic mass is 16.5. The molecule has 1 atom stereocenters. The van der Waals surface area contributed by atoms with Gasteiger partial charge in [-0.1, -0.05) is 6.92 Å². The lowest BCUT2D eigenvalue weighted by Crippen LogP contribution is -2.47. The maximum atomic E-state index is 11.6. The number of hydrogen-bond donors (Lipinski definition) is 3. The zero-order valence-corrected chi connectivity index (χ0v) is 12.4. The van der Waals surface area contributed by atoms with Crippen LogP contribution >= 0.6 is 0 Å². The Balaban J connectivity index is 2.17. The molecule has 0 bridgehead atoms. The van der Waals surface area contributed by atoms with Gasteiger partial charge in [0.15, 0.2) is 0 Å². The molecule has 5 heteroatoms. The number of carbonyl (C=O) groups excluding carboxylic acids is 1. The lowest BCUT2D eigenvalue weighted by molar-refractivity contribution is -0.121. The highest BCUT2D eigenvalue weighted by Crippen LogP contribution is 2.31. The molecule has 112 valence electrons. The molecule has 1 aliphatic carbocycles. The third kappa shape index (κ3) is 6.36.